The Morgan fingerprint density at radius 3 is 2.33 bits per heavy atom. The van der Waals surface area contributed by atoms with Gasteiger partial charge in [0.1, 0.15) is 0 Å². The fourth-order valence-electron chi connectivity index (χ4n) is 1.62. The van der Waals surface area contributed by atoms with Gasteiger partial charge in [-0.3, -0.25) is 4.79 Å². The number of nitrogens with two attached hydrogens (primary N) is 1. The van der Waals surface area contributed by atoms with Crippen LogP contribution in [0.25, 0.3) is 0 Å². The molecule has 118 valence electrons. The summed E-state index contributed by atoms with van der Waals surface area (Å²) in [4.78, 5) is 12.0. The van der Waals surface area contributed by atoms with Crippen LogP contribution in [0.15, 0.2) is 23.1 Å². The van der Waals surface area contributed by atoms with Gasteiger partial charge in [0.2, 0.25) is 15.9 Å². The fraction of sp³-hybridized carbons (Fsp3) is 0.500. The van der Waals surface area contributed by atoms with Crippen molar-refractivity contribution in [2.75, 3.05) is 5.73 Å². The number of benzene rings is 1. The van der Waals surface area contributed by atoms with E-state index in [0.29, 0.717) is 5.69 Å². The molecule has 0 spiro atoms. The lowest BCUT2D eigenvalue weighted by molar-refractivity contribution is -0.123. The first kappa shape index (κ1) is 17.5. The highest BCUT2D eigenvalue weighted by Crippen LogP contribution is 2.17. The standard InChI is InChI=1S/C14H23N3O3S/c1-9-6-7-11(8-12(9)15)21(19,20)17-10(2)13(18)16-14(3,4)5/h6-8,10,17H,15H2,1-5H3,(H,16,18). The van der Waals surface area contributed by atoms with Crippen LogP contribution in [-0.4, -0.2) is 25.9 Å². The van der Waals surface area contributed by atoms with Gasteiger partial charge in [-0.05, 0) is 52.3 Å². The Morgan fingerprint density at radius 1 is 1.29 bits per heavy atom. The minimum atomic E-state index is -3.79. The van der Waals surface area contributed by atoms with Crippen molar-refractivity contribution >= 4 is 21.6 Å². The highest BCUT2D eigenvalue weighted by Gasteiger charge is 2.24. The molecule has 4 N–H and O–H groups in total. The van der Waals surface area contributed by atoms with Crippen molar-refractivity contribution < 1.29 is 13.2 Å². The van der Waals surface area contributed by atoms with Crippen molar-refractivity contribution in [1.82, 2.24) is 10.0 Å². The molecule has 0 saturated heterocycles. The van der Waals surface area contributed by atoms with E-state index < -0.39 is 21.6 Å². The van der Waals surface area contributed by atoms with Crippen molar-refractivity contribution in [3.05, 3.63) is 23.8 Å². The Balaban J connectivity index is 2.89. The van der Waals surface area contributed by atoms with Crippen LogP contribution >= 0.6 is 0 Å². The molecule has 0 aliphatic heterocycles. The number of nitrogens with one attached hydrogen (secondary N) is 2. The van der Waals surface area contributed by atoms with Gasteiger partial charge in [0.25, 0.3) is 0 Å². The van der Waals surface area contributed by atoms with Crippen LogP contribution < -0.4 is 15.8 Å². The van der Waals surface area contributed by atoms with Crippen LogP contribution in [0.1, 0.15) is 33.3 Å². The summed E-state index contributed by atoms with van der Waals surface area (Å²) in [6, 6.07) is 3.59. The summed E-state index contributed by atoms with van der Waals surface area (Å²) in [6.07, 6.45) is 0. The molecular weight excluding hydrogens is 290 g/mol. The second-order valence-corrected chi connectivity index (χ2v) is 7.81. The summed E-state index contributed by atoms with van der Waals surface area (Å²) in [5, 5.41) is 2.72. The highest BCUT2D eigenvalue weighted by atomic mass is 32.2. The normalized spacial score (nSPS) is 13.8. The zero-order valence-electron chi connectivity index (χ0n) is 13.0. The topological polar surface area (TPSA) is 101 Å². The lowest BCUT2D eigenvalue weighted by Gasteiger charge is -2.23. The molecule has 0 radical (unpaired) electrons. The highest BCUT2D eigenvalue weighted by molar-refractivity contribution is 7.89. The molecular formula is C14H23N3O3S. The van der Waals surface area contributed by atoms with Crippen molar-refractivity contribution in [3.63, 3.8) is 0 Å². The molecule has 1 rings (SSSR count). The van der Waals surface area contributed by atoms with Crippen LogP contribution in [-0.2, 0) is 14.8 Å². The zero-order valence-corrected chi connectivity index (χ0v) is 13.8. The largest absolute Gasteiger partial charge is 0.398 e. The summed E-state index contributed by atoms with van der Waals surface area (Å²) in [7, 11) is -3.79. The first-order chi connectivity index (χ1) is 9.42. The number of aryl methyl sites for hydroxylation is 1. The monoisotopic (exact) mass is 313 g/mol. The third-order valence-corrected chi connectivity index (χ3v) is 4.32. The van der Waals surface area contributed by atoms with Gasteiger partial charge in [-0.1, -0.05) is 6.07 Å². The van der Waals surface area contributed by atoms with Gasteiger partial charge in [0.05, 0.1) is 10.9 Å². The molecule has 6 nitrogen and oxygen atoms in total. The predicted molar refractivity (Wildman–Crippen MR) is 83.3 cm³/mol. The van der Waals surface area contributed by atoms with E-state index in [0.717, 1.165) is 5.56 Å². The van der Waals surface area contributed by atoms with E-state index in [-0.39, 0.29) is 10.8 Å². The fourth-order valence-corrected chi connectivity index (χ4v) is 2.86. The van der Waals surface area contributed by atoms with Gasteiger partial charge >= 0.3 is 0 Å². The molecule has 1 aromatic rings. The van der Waals surface area contributed by atoms with E-state index in [1.807, 2.05) is 20.8 Å². The molecule has 0 aromatic heterocycles. The molecule has 1 aromatic carbocycles. The minimum Gasteiger partial charge on any atom is -0.398 e. The number of hydrogen-bond acceptors (Lipinski definition) is 4. The Hall–Kier alpha value is -1.60. The van der Waals surface area contributed by atoms with E-state index in [2.05, 4.69) is 10.0 Å². The number of carbonyl (C=O) groups is 1. The number of sulfonamides is 1. The smallest absolute Gasteiger partial charge is 0.241 e. The Morgan fingerprint density at radius 2 is 1.86 bits per heavy atom. The first-order valence-corrected chi connectivity index (χ1v) is 8.11. The Kier molecular flexibility index (Phi) is 5.01. The van der Waals surface area contributed by atoms with Gasteiger partial charge in [0.15, 0.2) is 0 Å². The molecule has 0 bridgehead atoms. The van der Waals surface area contributed by atoms with Crippen LogP contribution in [0.2, 0.25) is 0 Å². The van der Waals surface area contributed by atoms with Crippen LogP contribution in [0, 0.1) is 6.92 Å². The molecule has 0 aliphatic carbocycles. The summed E-state index contributed by atoms with van der Waals surface area (Å²) < 4.78 is 26.8. The third kappa shape index (κ3) is 5.02. The SMILES string of the molecule is Cc1ccc(S(=O)(=O)NC(C)C(=O)NC(C)(C)C)cc1N. The predicted octanol–water partition coefficient (Wildman–Crippen LogP) is 1.16. The molecule has 1 atom stereocenters. The van der Waals surface area contributed by atoms with Crippen molar-refractivity contribution in [2.24, 2.45) is 0 Å². The quantitative estimate of drug-likeness (QED) is 0.726. The first-order valence-electron chi connectivity index (χ1n) is 6.63. The van der Waals surface area contributed by atoms with E-state index in [1.165, 1.54) is 19.1 Å². The van der Waals surface area contributed by atoms with Crippen molar-refractivity contribution in [2.45, 2.75) is 51.1 Å². The van der Waals surface area contributed by atoms with Gasteiger partial charge in [0, 0.05) is 11.2 Å². The Bertz CT molecular complexity index is 633. The van der Waals surface area contributed by atoms with Gasteiger partial charge in [-0.25, -0.2) is 8.42 Å². The second kappa shape index (κ2) is 6.03. The maximum atomic E-state index is 12.2. The summed E-state index contributed by atoms with van der Waals surface area (Å²) >= 11 is 0. The van der Waals surface area contributed by atoms with Crippen LogP contribution in [0.3, 0.4) is 0 Å². The van der Waals surface area contributed by atoms with E-state index in [1.54, 1.807) is 13.0 Å². The van der Waals surface area contributed by atoms with E-state index in [4.69, 9.17) is 5.73 Å². The van der Waals surface area contributed by atoms with Crippen molar-refractivity contribution in [1.29, 1.82) is 0 Å². The average Bonchev–Trinajstić information content (AvgIpc) is 2.29. The number of hydrogen-bond donors (Lipinski definition) is 3. The van der Waals surface area contributed by atoms with Crippen molar-refractivity contribution in [3.8, 4) is 0 Å². The number of nitrogen functional groups attached to an aromatic ring is 1. The Labute approximate surface area is 126 Å². The van der Waals surface area contributed by atoms with Gasteiger partial charge in [-0.2, -0.15) is 4.72 Å². The number of amides is 1. The average molecular weight is 313 g/mol. The number of anilines is 1. The zero-order chi connectivity index (χ0) is 16.4. The van der Waals surface area contributed by atoms with Crippen LogP contribution in [0.5, 0.6) is 0 Å². The lowest BCUT2D eigenvalue weighted by atomic mass is 10.1. The molecule has 21 heavy (non-hydrogen) atoms. The summed E-state index contributed by atoms with van der Waals surface area (Å²) in [5.41, 5.74) is 6.49. The minimum absolute atomic E-state index is 0.0426. The molecule has 0 fully saturated rings. The lowest BCUT2D eigenvalue weighted by Crippen LogP contribution is -2.50. The molecule has 1 unspecified atom stereocenters. The van der Waals surface area contributed by atoms with E-state index in [9.17, 15) is 13.2 Å². The van der Waals surface area contributed by atoms with E-state index >= 15 is 0 Å². The molecule has 0 aliphatic rings. The second-order valence-electron chi connectivity index (χ2n) is 6.10. The maximum Gasteiger partial charge on any atom is 0.241 e. The molecule has 1 amide bonds. The van der Waals surface area contributed by atoms with Crippen LogP contribution in [0.4, 0.5) is 5.69 Å². The maximum absolute atomic E-state index is 12.2. The third-order valence-electron chi connectivity index (χ3n) is 2.78. The summed E-state index contributed by atoms with van der Waals surface area (Å²) in [5.74, 6) is -0.383. The number of rotatable bonds is 4. The van der Waals surface area contributed by atoms with Gasteiger partial charge in [-0.15, -0.1) is 0 Å². The molecule has 0 saturated carbocycles. The number of carbonyl (C=O) groups excluding carboxylic acids is 1. The van der Waals surface area contributed by atoms with Gasteiger partial charge < -0.3 is 11.1 Å². The molecule has 7 heteroatoms. The molecule has 0 heterocycles. The summed E-state index contributed by atoms with van der Waals surface area (Å²) in [6.45, 7) is 8.76.